The molecule has 0 aromatic heterocycles. The zero-order valence-electron chi connectivity index (χ0n) is 12.3. The number of unbranched alkanes of at least 4 members (excludes halogenated alkanes) is 1. The Kier molecular flexibility index (Phi) is 12.6. The molecule has 0 aliphatic heterocycles. The van der Waals surface area contributed by atoms with E-state index >= 15 is 0 Å². The van der Waals surface area contributed by atoms with E-state index in [-0.39, 0.29) is 11.8 Å². The van der Waals surface area contributed by atoms with Crippen LogP contribution >= 0.6 is 0 Å². The van der Waals surface area contributed by atoms with Crippen LogP contribution in [0.15, 0.2) is 0 Å². The molecule has 0 spiro atoms. The number of hydrogen-bond donors (Lipinski definition) is 2. The molecule has 2 amide bonds. The van der Waals surface area contributed by atoms with Gasteiger partial charge in [0.15, 0.2) is 0 Å². The van der Waals surface area contributed by atoms with Gasteiger partial charge >= 0.3 is 0 Å². The van der Waals surface area contributed by atoms with E-state index in [2.05, 4.69) is 17.6 Å². The van der Waals surface area contributed by atoms with Crippen LogP contribution in [0.25, 0.3) is 0 Å². The Bertz CT molecular complexity index is 245. The maximum Gasteiger partial charge on any atom is 0.219 e. The molecule has 0 heterocycles. The molecule has 0 saturated heterocycles. The molecule has 5 heteroatoms. The fourth-order valence-corrected chi connectivity index (χ4v) is 1.46. The maximum atomic E-state index is 11.3. The molecule has 0 aliphatic carbocycles. The molecule has 0 fully saturated rings. The third kappa shape index (κ3) is 13.1. The molecule has 0 bridgehead atoms. The van der Waals surface area contributed by atoms with Crippen molar-refractivity contribution in [1.82, 2.24) is 10.6 Å². The minimum Gasteiger partial charge on any atom is -0.381 e. The van der Waals surface area contributed by atoms with Crippen LogP contribution in [0.2, 0.25) is 0 Å². The lowest BCUT2D eigenvalue weighted by molar-refractivity contribution is -0.121. The van der Waals surface area contributed by atoms with Crippen molar-refractivity contribution >= 4 is 11.8 Å². The maximum absolute atomic E-state index is 11.3. The number of carbonyl (C=O) groups is 2. The summed E-state index contributed by atoms with van der Waals surface area (Å²) in [6.45, 7) is 6.55. The molecular weight excluding hydrogens is 244 g/mol. The summed E-state index contributed by atoms with van der Waals surface area (Å²) in [5.41, 5.74) is 0. The zero-order chi connectivity index (χ0) is 14.3. The first-order chi connectivity index (χ1) is 9.20. The summed E-state index contributed by atoms with van der Waals surface area (Å²) in [5.74, 6) is 0.207. The summed E-state index contributed by atoms with van der Waals surface area (Å²) in [6, 6.07) is 0. The van der Waals surface area contributed by atoms with Gasteiger partial charge in [0.25, 0.3) is 0 Å². The molecule has 0 aliphatic rings. The van der Waals surface area contributed by atoms with Crippen molar-refractivity contribution in [2.24, 2.45) is 0 Å². The van der Waals surface area contributed by atoms with Gasteiger partial charge in [-0.15, -0.1) is 0 Å². The van der Waals surface area contributed by atoms with Crippen molar-refractivity contribution in [3.05, 3.63) is 0 Å². The number of nitrogens with one attached hydrogen (secondary N) is 2. The fraction of sp³-hybridized carbons (Fsp3) is 0.857. The average Bonchev–Trinajstić information content (AvgIpc) is 2.42. The van der Waals surface area contributed by atoms with Crippen molar-refractivity contribution in [3.8, 4) is 0 Å². The third-order valence-electron chi connectivity index (χ3n) is 2.65. The average molecular weight is 272 g/mol. The minimum absolute atomic E-state index is 0.0785. The Labute approximate surface area is 116 Å². The van der Waals surface area contributed by atoms with E-state index in [1.165, 1.54) is 0 Å². The fourth-order valence-electron chi connectivity index (χ4n) is 1.46. The first kappa shape index (κ1) is 17.9. The van der Waals surface area contributed by atoms with Crippen molar-refractivity contribution in [1.29, 1.82) is 0 Å². The predicted octanol–water partition coefficient (Wildman–Crippen LogP) is 1.62. The summed E-state index contributed by atoms with van der Waals surface area (Å²) in [5, 5.41) is 5.66. The standard InChI is InChI=1S/C14H28N2O3/c1-3-5-8-14(18)16-10-7-12-19-11-6-9-15-13(17)4-2/h3-12H2,1-2H3,(H,15,17)(H,16,18). The van der Waals surface area contributed by atoms with Gasteiger partial charge in [-0.2, -0.15) is 0 Å². The van der Waals surface area contributed by atoms with Crippen LogP contribution in [-0.2, 0) is 14.3 Å². The van der Waals surface area contributed by atoms with Crippen molar-refractivity contribution in [3.63, 3.8) is 0 Å². The minimum atomic E-state index is 0.0785. The molecule has 0 radical (unpaired) electrons. The Morgan fingerprint density at radius 2 is 1.47 bits per heavy atom. The van der Waals surface area contributed by atoms with E-state index in [0.717, 1.165) is 25.7 Å². The van der Waals surface area contributed by atoms with Gasteiger partial charge in [-0.3, -0.25) is 9.59 Å². The van der Waals surface area contributed by atoms with Gasteiger partial charge in [-0.1, -0.05) is 20.3 Å². The highest BCUT2D eigenvalue weighted by Crippen LogP contribution is 1.93. The highest BCUT2D eigenvalue weighted by Gasteiger charge is 1.99. The van der Waals surface area contributed by atoms with Crippen molar-refractivity contribution in [2.45, 2.75) is 52.4 Å². The number of amides is 2. The lowest BCUT2D eigenvalue weighted by Crippen LogP contribution is -2.25. The molecule has 0 saturated carbocycles. The Hall–Kier alpha value is -1.10. The summed E-state index contributed by atoms with van der Waals surface area (Å²) in [4.78, 5) is 22.2. The number of carbonyl (C=O) groups excluding carboxylic acids is 2. The van der Waals surface area contributed by atoms with E-state index in [9.17, 15) is 9.59 Å². The van der Waals surface area contributed by atoms with Crippen LogP contribution in [-0.4, -0.2) is 38.1 Å². The van der Waals surface area contributed by atoms with Crippen LogP contribution < -0.4 is 10.6 Å². The van der Waals surface area contributed by atoms with Crippen LogP contribution in [0.3, 0.4) is 0 Å². The SMILES string of the molecule is CCCCC(=O)NCCCOCCCNC(=O)CC. The van der Waals surface area contributed by atoms with Gasteiger partial charge in [-0.05, 0) is 19.3 Å². The molecular formula is C14H28N2O3. The first-order valence-electron chi connectivity index (χ1n) is 7.31. The highest BCUT2D eigenvalue weighted by molar-refractivity contribution is 5.75. The lowest BCUT2D eigenvalue weighted by Gasteiger charge is -2.06. The monoisotopic (exact) mass is 272 g/mol. The van der Waals surface area contributed by atoms with Gasteiger partial charge in [0.1, 0.15) is 0 Å². The summed E-state index contributed by atoms with van der Waals surface area (Å²) in [6.07, 6.45) is 4.80. The lowest BCUT2D eigenvalue weighted by atomic mass is 10.2. The third-order valence-corrected chi connectivity index (χ3v) is 2.65. The molecule has 19 heavy (non-hydrogen) atoms. The zero-order valence-corrected chi connectivity index (χ0v) is 12.3. The van der Waals surface area contributed by atoms with Gasteiger partial charge in [-0.25, -0.2) is 0 Å². The van der Waals surface area contributed by atoms with Gasteiger partial charge < -0.3 is 15.4 Å². The van der Waals surface area contributed by atoms with Crippen LogP contribution in [0.5, 0.6) is 0 Å². The highest BCUT2D eigenvalue weighted by atomic mass is 16.5. The predicted molar refractivity (Wildman–Crippen MR) is 75.9 cm³/mol. The van der Waals surface area contributed by atoms with E-state index in [1.54, 1.807) is 0 Å². The largest absolute Gasteiger partial charge is 0.381 e. The molecule has 2 N–H and O–H groups in total. The molecule has 0 atom stereocenters. The second-order valence-corrected chi connectivity index (χ2v) is 4.48. The Morgan fingerprint density at radius 1 is 0.895 bits per heavy atom. The Morgan fingerprint density at radius 3 is 2.00 bits per heavy atom. The summed E-state index contributed by atoms with van der Waals surface area (Å²) in [7, 11) is 0. The van der Waals surface area contributed by atoms with E-state index in [4.69, 9.17) is 4.74 Å². The van der Waals surface area contributed by atoms with Crippen LogP contribution in [0.4, 0.5) is 0 Å². The number of rotatable bonds is 12. The first-order valence-corrected chi connectivity index (χ1v) is 7.31. The number of ether oxygens (including phenoxy) is 1. The van der Waals surface area contributed by atoms with E-state index in [0.29, 0.717) is 39.1 Å². The summed E-state index contributed by atoms with van der Waals surface area (Å²) >= 11 is 0. The second kappa shape index (κ2) is 13.3. The normalized spacial score (nSPS) is 10.2. The molecule has 0 aromatic carbocycles. The van der Waals surface area contributed by atoms with Crippen LogP contribution in [0, 0.1) is 0 Å². The molecule has 0 unspecified atom stereocenters. The number of hydrogen-bond acceptors (Lipinski definition) is 3. The van der Waals surface area contributed by atoms with Gasteiger partial charge in [0, 0.05) is 39.1 Å². The van der Waals surface area contributed by atoms with Crippen molar-refractivity contribution < 1.29 is 14.3 Å². The second-order valence-electron chi connectivity index (χ2n) is 4.48. The molecule has 0 aromatic rings. The summed E-state index contributed by atoms with van der Waals surface area (Å²) < 4.78 is 5.41. The quantitative estimate of drug-likeness (QED) is 0.530. The molecule has 112 valence electrons. The van der Waals surface area contributed by atoms with Crippen LogP contribution in [0.1, 0.15) is 52.4 Å². The van der Waals surface area contributed by atoms with Gasteiger partial charge in [0.2, 0.25) is 11.8 Å². The topological polar surface area (TPSA) is 67.4 Å². The molecule has 0 rings (SSSR count). The van der Waals surface area contributed by atoms with E-state index in [1.807, 2.05) is 6.92 Å². The van der Waals surface area contributed by atoms with E-state index < -0.39 is 0 Å². The smallest absolute Gasteiger partial charge is 0.219 e. The van der Waals surface area contributed by atoms with Gasteiger partial charge in [0.05, 0.1) is 0 Å². The Balaban J connectivity index is 3.14. The van der Waals surface area contributed by atoms with Crippen molar-refractivity contribution in [2.75, 3.05) is 26.3 Å². The molecule has 5 nitrogen and oxygen atoms in total.